The van der Waals surface area contributed by atoms with Crippen LogP contribution < -0.4 is 0 Å². The minimum atomic E-state index is -0.774. The number of hydrogen-bond acceptors (Lipinski definition) is 5. The van der Waals surface area contributed by atoms with E-state index in [2.05, 4.69) is 50.3 Å². The van der Waals surface area contributed by atoms with Crippen molar-refractivity contribution < 1.29 is 24.2 Å². The minimum Gasteiger partial charge on any atom is -0.462 e. The maximum atomic E-state index is 12.2. The highest BCUT2D eigenvalue weighted by Gasteiger charge is 2.16. The van der Waals surface area contributed by atoms with Crippen molar-refractivity contribution in [1.29, 1.82) is 0 Å². The van der Waals surface area contributed by atoms with Gasteiger partial charge < -0.3 is 14.6 Å². The molecule has 0 saturated carbocycles. The molecule has 0 aliphatic heterocycles. The third-order valence-electron chi connectivity index (χ3n) is 9.41. The van der Waals surface area contributed by atoms with Crippen molar-refractivity contribution in [2.24, 2.45) is 0 Å². The summed E-state index contributed by atoms with van der Waals surface area (Å²) in [5.41, 5.74) is 0. The van der Waals surface area contributed by atoms with Gasteiger partial charge in [0.15, 0.2) is 6.10 Å². The third kappa shape index (κ3) is 38.9. The Hall–Kier alpha value is -1.88. The number of hydrogen-bond donors (Lipinski definition) is 1. The molecule has 0 rings (SSSR count). The maximum Gasteiger partial charge on any atom is 0.306 e. The van der Waals surface area contributed by atoms with E-state index in [0.717, 1.165) is 44.9 Å². The molecule has 292 valence electrons. The standard InChI is InChI=1S/C45H82O5/c1-3-5-7-9-11-13-15-17-19-21-22-24-25-27-29-31-33-35-37-39-44(47)49-42-43(41-46)50-45(48)40-38-36-34-32-30-28-26-23-20-18-16-14-12-10-8-6-4-2/h11,13,17-20,43,46H,3-10,12,14-16,21-42H2,1-2H3/b13-11-,19-17-,20-18-/t43-/m0/s1. The summed E-state index contributed by atoms with van der Waals surface area (Å²) < 4.78 is 10.6. The Balaban J connectivity index is 3.54. The van der Waals surface area contributed by atoms with Crippen molar-refractivity contribution in [3.63, 3.8) is 0 Å². The third-order valence-corrected chi connectivity index (χ3v) is 9.41. The SMILES string of the molecule is CCCCC/C=C\C/C=C\CCCCCCCCCCCC(=O)OC[C@H](CO)OC(=O)CCCCCCCCC/C=C\CCCCCCCC. The Labute approximate surface area is 310 Å². The zero-order chi connectivity index (χ0) is 36.4. The molecule has 0 aromatic rings. The first kappa shape index (κ1) is 48.1. The molecule has 0 heterocycles. The van der Waals surface area contributed by atoms with Gasteiger partial charge in [0.25, 0.3) is 0 Å². The summed E-state index contributed by atoms with van der Waals surface area (Å²) in [6, 6.07) is 0. The normalized spacial score (nSPS) is 12.5. The molecule has 1 N–H and O–H groups in total. The van der Waals surface area contributed by atoms with E-state index in [9.17, 15) is 14.7 Å². The van der Waals surface area contributed by atoms with E-state index < -0.39 is 6.10 Å². The molecule has 0 aliphatic carbocycles. The average Bonchev–Trinajstić information content (AvgIpc) is 3.12. The molecule has 0 aromatic carbocycles. The van der Waals surface area contributed by atoms with E-state index in [4.69, 9.17) is 9.47 Å². The fraction of sp³-hybridized carbons (Fsp3) is 0.822. The van der Waals surface area contributed by atoms with Crippen LogP contribution in [0, 0.1) is 0 Å². The van der Waals surface area contributed by atoms with Crippen molar-refractivity contribution in [1.82, 2.24) is 0 Å². The van der Waals surface area contributed by atoms with Crippen LogP contribution in [0.1, 0.15) is 219 Å². The number of ether oxygens (including phenoxy) is 2. The van der Waals surface area contributed by atoms with Crippen molar-refractivity contribution in [3.8, 4) is 0 Å². The number of rotatable bonds is 39. The number of allylic oxidation sites excluding steroid dienone is 6. The van der Waals surface area contributed by atoms with Crippen LogP contribution in [0.25, 0.3) is 0 Å². The second-order valence-electron chi connectivity index (χ2n) is 14.4. The summed E-state index contributed by atoms with van der Waals surface area (Å²) in [4.78, 5) is 24.3. The number of esters is 2. The highest BCUT2D eigenvalue weighted by Crippen LogP contribution is 2.14. The van der Waals surface area contributed by atoms with Crippen LogP contribution in [0.2, 0.25) is 0 Å². The first-order valence-electron chi connectivity index (χ1n) is 21.5. The average molecular weight is 703 g/mol. The van der Waals surface area contributed by atoms with Gasteiger partial charge in [-0.05, 0) is 70.6 Å². The molecule has 0 fully saturated rings. The van der Waals surface area contributed by atoms with Crippen LogP contribution >= 0.6 is 0 Å². The van der Waals surface area contributed by atoms with Gasteiger partial charge in [-0.15, -0.1) is 0 Å². The fourth-order valence-electron chi connectivity index (χ4n) is 6.11. The molecule has 0 saturated heterocycles. The second kappa shape index (κ2) is 41.5. The summed E-state index contributed by atoms with van der Waals surface area (Å²) in [5, 5.41) is 9.58. The van der Waals surface area contributed by atoms with Gasteiger partial charge >= 0.3 is 11.9 Å². The van der Waals surface area contributed by atoms with E-state index in [1.165, 1.54) is 148 Å². The molecule has 5 heteroatoms. The van der Waals surface area contributed by atoms with Gasteiger partial charge in [0, 0.05) is 12.8 Å². The molecule has 0 bridgehead atoms. The lowest BCUT2D eigenvalue weighted by Gasteiger charge is -2.15. The van der Waals surface area contributed by atoms with Gasteiger partial charge in [-0.2, -0.15) is 0 Å². The number of carbonyl (C=O) groups is 2. The van der Waals surface area contributed by atoms with Crippen molar-refractivity contribution in [3.05, 3.63) is 36.5 Å². The number of carbonyl (C=O) groups excluding carboxylic acids is 2. The molecule has 0 radical (unpaired) electrons. The van der Waals surface area contributed by atoms with Crippen LogP contribution in [-0.2, 0) is 19.1 Å². The largest absolute Gasteiger partial charge is 0.462 e. The monoisotopic (exact) mass is 703 g/mol. The number of aliphatic hydroxyl groups excluding tert-OH is 1. The quantitative estimate of drug-likeness (QED) is 0.0392. The molecule has 0 aromatic heterocycles. The van der Waals surface area contributed by atoms with Gasteiger partial charge in [0.2, 0.25) is 0 Å². The molecule has 1 atom stereocenters. The Morgan fingerprint density at radius 3 is 1.24 bits per heavy atom. The Kier molecular flexibility index (Phi) is 40.0. The van der Waals surface area contributed by atoms with Crippen LogP contribution in [0.5, 0.6) is 0 Å². The van der Waals surface area contributed by atoms with Crippen LogP contribution in [-0.4, -0.2) is 36.4 Å². The molecule has 0 spiro atoms. The zero-order valence-corrected chi connectivity index (χ0v) is 33.2. The fourth-order valence-corrected chi connectivity index (χ4v) is 6.11. The van der Waals surface area contributed by atoms with E-state index in [1.807, 2.05) is 0 Å². The molecule has 0 aliphatic rings. The predicted molar refractivity (Wildman–Crippen MR) is 214 cm³/mol. The van der Waals surface area contributed by atoms with Gasteiger partial charge in [0.1, 0.15) is 6.61 Å². The maximum absolute atomic E-state index is 12.2. The first-order chi connectivity index (χ1) is 24.6. The summed E-state index contributed by atoms with van der Waals surface area (Å²) in [7, 11) is 0. The molecular weight excluding hydrogens is 620 g/mol. The van der Waals surface area contributed by atoms with Crippen LogP contribution in [0.15, 0.2) is 36.5 Å². The van der Waals surface area contributed by atoms with Gasteiger partial charge in [0.05, 0.1) is 6.61 Å². The van der Waals surface area contributed by atoms with E-state index >= 15 is 0 Å². The highest BCUT2D eigenvalue weighted by atomic mass is 16.6. The van der Waals surface area contributed by atoms with Crippen molar-refractivity contribution in [2.75, 3.05) is 13.2 Å². The first-order valence-corrected chi connectivity index (χ1v) is 21.5. The van der Waals surface area contributed by atoms with Gasteiger partial charge in [-0.25, -0.2) is 0 Å². The Morgan fingerprint density at radius 2 is 0.800 bits per heavy atom. The summed E-state index contributed by atoms with van der Waals surface area (Å²) in [6.45, 7) is 4.11. The van der Waals surface area contributed by atoms with E-state index in [0.29, 0.717) is 12.8 Å². The minimum absolute atomic E-state index is 0.0682. The lowest BCUT2D eigenvalue weighted by molar-refractivity contribution is -0.161. The Bertz CT molecular complexity index is 801. The second-order valence-corrected chi connectivity index (χ2v) is 14.4. The zero-order valence-electron chi connectivity index (χ0n) is 33.2. The number of unbranched alkanes of at least 4 members (excludes halogenated alkanes) is 25. The van der Waals surface area contributed by atoms with E-state index in [-0.39, 0.29) is 25.2 Å². The molecular formula is C45H82O5. The lowest BCUT2D eigenvalue weighted by atomic mass is 10.1. The molecule has 5 nitrogen and oxygen atoms in total. The molecule has 50 heavy (non-hydrogen) atoms. The van der Waals surface area contributed by atoms with Gasteiger partial charge in [-0.1, -0.05) is 172 Å². The highest BCUT2D eigenvalue weighted by molar-refractivity contribution is 5.70. The van der Waals surface area contributed by atoms with Crippen LogP contribution in [0.4, 0.5) is 0 Å². The topological polar surface area (TPSA) is 72.8 Å². The summed E-state index contributed by atoms with van der Waals surface area (Å²) >= 11 is 0. The predicted octanol–water partition coefficient (Wildman–Crippen LogP) is 13.6. The van der Waals surface area contributed by atoms with Crippen molar-refractivity contribution >= 4 is 11.9 Å². The van der Waals surface area contributed by atoms with E-state index in [1.54, 1.807) is 0 Å². The van der Waals surface area contributed by atoms with Crippen LogP contribution in [0.3, 0.4) is 0 Å². The molecule has 0 amide bonds. The molecule has 0 unspecified atom stereocenters. The lowest BCUT2D eigenvalue weighted by Crippen LogP contribution is -2.28. The van der Waals surface area contributed by atoms with Crippen molar-refractivity contribution in [2.45, 2.75) is 225 Å². The summed E-state index contributed by atoms with van der Waals surface area (Å²) in [6.07, 6.45) is 50.6. The number of aliphatic hydroxyl groups is 1. The van der Waals surface area contributed by atoms with Gasteiger partial charge in [-0.3, -0.25) is 9.59 Å². The smallest absolute Gasteiger partial charge is 0.306 e. The summed E-state index contributed by atoms with van der Waals surface area (Å²) in [5.74, 6) is -0.595. The Morgan fingerprint density at radius 1 is 0.460 bits per heavy atom.